The molecule has 0 saturated carbocycles. The molecule has 0 atom stereocenters. The van der Waals surface area contributed by atoms with Crippen LogP contribution >= 0.6 is 24.0 Å². The fourth-order valence-corrected chi connectivity index (χ4v) is 4.09. The Hall–Kier alpha value is -1.76. The van der Waals surface area contributed by atoms with Crippen LogP contribution in [0.2, 0.25) is 0 Å². The summed E-state index contributed by atoms with van der Waals surface area (Å²) in [4.78, 5) is 4.68. The molecule has 1 aliphatic heterocycles. The van der Waals surface area contributed by atoms with Gasteiger partial charge in [-0.2, -0.15) is 0 Å². The SMILES string of the molecule is COc1ccc(CN2CSC(=S)N(CCc3ccccc3)C2)cc1OC. The van der Waals surface area contributed by atoms with Gasteiger partial charge in [0.2, 0.25) is 0 Å². The van der Waals surface area contributed by atoms with Crippen molar-refractivity contribution in [2.75, 3.05) is 33.3 Å². The van der Waals surface area contributed by atoms with Crippen LogP contribution in [0.25, 0.3) is 0 Å². The Morgan fingerprint density at radius 3 is 2.50 bits per heavy atom. The smallest absolute Gasteiger partial charge is 0.161 e. The first-order valence-corrected chi connectivity index (χ1v) is 9.98. The maximum Gasteiger partial charge on any atom is 0.161 e. The lowest BCUT2D eigenvalue weighted by atomic mass is 10.1. The van der Waals surface area contributed by atoms with E-state index < -0.39 is 0 Å². The lowest BCUT2D eigenvalue weighted by Crippen LogP contribution is -2.45. The number of methoxy groups -OCH3 is 2. The van der Waals surface area contributed by atoms with Gasteiger partial charge in [0.05, 0.1) is 26.8 Å². The van der Waals surface area contributed by atoms with Crippen molar-refractivity contribution in [3.8, 4) is 11.5 Å². The predicted molar refractivity (Wildman–Crippen MR) is 112 cm³/mol. The Labute approximate surface area is 165 Å². The number of rotatable bonds is 7. The van der Waals surface area contributed by atoms with Gasteiger partial charge >= 0.3 is 0 Å². The summed E-state index contributed by atoms with van der Waals surface area (Å²) in [6.45, 7) is 2.66. The fraction of sp³-hybridized carbons (Fsp3) is 0.350. The van der Waals surface area contributed by atoms with E-state index in [1.54, 1.807) is 26.0 Å². The van der Waals surface area contributed by atoms with Crippen LogP contribution < -0.4 is 9.47 Å². The Kier molecular flexibility index (Phi) is 6.77. The highest BCUT2D eigenvalue weighted by Gasteiger charge is 2.21. The topological polar surface area (TPSA) is 24.9 Å². The van der Waals surface area contributed by atoms with Crippen molar-refractivity contribution in [2.45, 2.75) is 13.0 Å². The van der Waals surface area contributed by atoms with Crippen molar-refractivity contribution >= 4 is 28.3 Å². The first-order chi connectivity index (χ1) is 12.7. The molecule has 0 aromatic heterocycles. The second-order valence-corrected chi connectivity index (χ2v) is 7.78. The molecule has 0 unspecified atom stereocenters. The summed E-state index contributed by atoms with van der Waals surface area (Å²) in [7, 11) is 3.33. The minimum absolute atomic E-state index is 0.759. The van der Waals surface area contributed by atoms with Crippen molar-refractivity contribution < 1.29 is 9.47 Å². The van der Waals surface area contributed by atoms with Crippen LogP contribution in [0.5, 0.6) is 11.5 Å². The van der Waals surface area contributed by atoms with Gasteiger partial charge in [-0.05, 0) is 29.7 Å². The molecule has 1 fully saturated rings. The Bertz CT molecular complexity index is 740. The Morgan fingerprint density at radius 1 is 1.00 bits per heavy atom. The Morgan fingerprint density at radius 2 is 1.77 bits per heavy atom. The molecule has 2 aromatic rings. The van der Waals surface area contributed by atoms with Crippen molar-refractivity contribution in [1.29, 1.82) is 0 Å². The molecule has 2 aromatic carbocycles. The number of hydrogen-bond acceptors (Lipinski definition) is 5. The lowest BCUT2D eigenvalue weighted by Gasteiger charge is -2.36. The van der Waals surface area contributed by atoms with Crippen LogP contribution in [-0.2, 0) is 13.0 Å². The third-order valence-corrected chi connectivity index (χ3v) is 5.98. The maximum atomic E-state index is 5.56. The van der Waals surface area contributed by atoms with Gasteiger partial charge in [0.25, 0.3) is 0 Å². The molecule has 1 aliphatic rings. The molecule has 4 nitrogen and oxygen atoms in total. The quantitative estimate of drug-likeness (QED) is 0.665. The predicted octanol–water partition coefficient (Wildman–Crippen LogP) is 4.00. The number of thiocarbonyl (C=S) groups is 1. The third-order valence-electron chi connectivity index (χ3n) is 4.37. The van der Waals surface area contributed by atoms with E-state index in [9.17, 15) is 0 Å². The summed E-state index contributed by atoms with van der Waals surface area (Å²) in [5.41, 5.74) is 2.55. The maximum absolute atomic E-state index is 5.56. The summed E-state index contributed by atoms with van der Waals surface area (Å²) in [6.07, 6.45) is 1.01. The second kappa shape index (κ2) is 9.26. The number of hydrogen-bond donors (Lipinski definition) is 0. The molecule has 1 saturated heterocycles. The van der Waals surface area contributed by atoms with Crippen LogP contribution in [0.4, 0.5) is 0 Å². The zero-order valence-corrected chi connectivity index (χ0v) is 16.8. The van der Waals surface area contributed by atoms with Crippen LogP contribution in [0, 0.1) is 0 Å². The van der Waals surface area contributed by atoms with Crippen molar-refractivity contribution in [1.82, 2.24) is 9.80 Å². The van der Waals surface area contributed by atoms with E-state index in [0.717, 1.165) is 47.9 Å². The van der Waals surface area contributed by atoms with E-state index in [1.807, 2.05) is 12.1 Å². The van der Waals surface area contributed by atoms with E-state index in [2.05, 4.69) is 46.2 Å². The molecule has 3 rings (SSSR count). The summed E-state index contributed by atoms with van der Waals surface area (Å²) < 4.78 is 11.7. The van der Waals surface area contributed by atoms with E-state index in [1.165, 1.54) is 11.1 Å². The average Bonchev–Trinajstić information content (AvgIpc) is 2.69. The highest BCUT2D eigenvalue weighted by molar-refractivity contribution is 8.22. The summed E-state index contributed by atoms with van der Waals surface area (Å²) in [6, 6.07) is 16.7. The van der Waals surface area contributed by atoms with Crippen LogP contribution in [-0.4, -0.2) is 47.4 Å². The normalized spacial score (nSPS) is 15.2. The van der Waals surface area contributed by atoms with E-state index in [4.69, 9.17) is 21.7 Å². The average molecular weight is 389 g/mol. The first kappa shape index (κ1) is 19.0. The molecule has 1 heterocycles. The van der Waals surface area contributed by atoms with Gasteiger partial charge in [-0.15, -0.1) is 0 Å². The molecule has 0 bridgehead atoms. The molecular weight excluding hydrogens is 364 g/mol. The zero-order valence-electron chi connectivity index (χ0n) is 15.2. The van der Waals surface area contributed by atoms with Crippen LogP contribution in [0.3, 0.4) is 0 Å². The van der Waals surface area contributed by atoms with E-state index in [-0.39, 0.29) is 0 Å². The number of ether oxygens (including phenoxy) is 2. The standard InChI is InChI=1S/C20H24N2O2S2/c1-23-18-9-8-17(12-19(18)24-2)13-21-14-22(20(25)26-15-21)11-10-16-6-4-3-5-7-16/h3-9,12H,10-11,13-15H2,1-2H3. The fourth-order valence-electron chi connectivity index (χ4n) is 2.98. The molecule has 26 heavy (non-hydrogen) atoms. The molecule has 0 aliphatic carbocycles. The minimum atomic E-state index is 0.759. The Balaban J connectivity index is 1.60. The zero-order chi connectivity index (χ0) is 18.4. The lowest BCUT2D eigenvalue weighted by molar-refractivity contribution is 0.206. The van der Waals surface area contributed by atoms with E-state index in [0.29, 0.717) is 0 Å². The van der Waals surface area contributed by atoms with Gasteiger partial charge in [-0.25, -0.2) is 0 Å². The molecule has 0 radical (unpaired) electrons. The summed E-state index contributed by atoms with van der Waals surface area (Å²) in [5, 5.41) is 0. The van der Waals surface area contributed by atoms with Gasteiger partial charge in [0.1, 0.15) is 4.32 Å². The number of nitrogens with zero attached hydrogens (tertiary/aromatic N) is 2. The van der Waals surface area contributed by atoms with Gasteiger partial charge < -0.3 is 14.4 Å². The largest absolute Gasteiger partial charge is 0.493 e. The van der Waals surface area contributed by atoms with Crippen molar-refractivity contribution in [3.05, 3.63) is 59.7 Å². The van der Waals surface area contributed by atoms with Gasteiger partial charge in [-0.1, -0.05) is 60.4 Å². The molecule has 6 heteroatoms. The second-order valence-electron chi connectivity index (χ2n) is 6.20. The highest BCUT2D eigenvalue weighted by atomic mass is 32.2. The van der Waals surface area contributed by atoms with E-state index >= 15 is 0 Å². The monoisotopic (exact) mass is 388 g/mol. The van der Waals surface area contributed by atoms with Crippen molar-refractivity contribution in [3.63, 3.8) is 0 Å². The minimum Gasteiger partial charge on any atom is -0.493 e. The number of thioether (sulfide) groups is 1. The molecule has 0 N–H and O–H groups in total. The third kappa shape index (κ3) is 4.90. The number of benzene rings is 2. The molecule has 0 spiro atoms. The van der Waals surface area contributed by atoms with Gasteiger partial charge in [-0.3, -0.25) is 4.90 Å². The summed E-state index contributed by atoms with van der Waals surface area (Å²) in [5.74, 6) is 2.44. The molecule has 0 amide bonds. The first-order valence-electron chi connectivity index (χ1n) is 8.58. The highest BCUT2D eigenvalue weighted by Crippen LogP contribution is 2.29. The molecule has 138 valence electrons. The van der Waals surface area contributed by atoms with Gasteiger partial charge in [0.15, 0.2) is 11.5 Å². The van der Waals surface area contributed by atoms with Crippen LogP contribution in [0.15, 0.2) is 48.5 Å². The van der Waals surface area contributed by atoms with Crippen molar-refractivity contribution in [2.24, 2.45) is 0 Å². The summed E-state index contributed by atoms with van der Waals surface area (Å²) >= 11 is 7.29. The molecular formula is C20H24N2O2S2. The van der Waals surface area contributed by atoms with Crippen LogP contribution in [0.1, 0.15) is 11.1 Å². The van der Waals surface area contributed by atoms with Gasteiger partial charge in [0, 0.05) is 13.1 Å².